The summed E-state index contributed by atoms with van der Waals surface area (Å²) in [6, 6.07) is 13.7. The summed E-state index contributed by atoms with van der Waals surface area (Å²) >= 11 is 0. The molecule has 220 valence electrons. The number of ether oxygens (including phenoxy) is 2. The zero-order chi connectivity index (χ0) is 29.8. The van der Waals surface area contributed by atoms with E-state index in [1.165, 1.54) is 28.8 Å². The van der Waals surface area contributed by atoms with Crippen molar-refractivity contribution in [3.63, 3.8) is 0 Å². The summed E-state index contributed by atoms with van der Waals surface area (Å²) in [4.78, 5) is 40.2. The molecule has 0 bridgehead atoms. The lowest BCUT2D eigenvalue weighted by Gasteiger charge is -2.31. The normalized spacial score (nSPS) is 14.0. The van der Waals surface area contributed by atoms with Crippen molar-refractivity contribution in [2.45, 2.75) is 31.5 Å². The molecule has 0 saturated carbocycles. The fraction of sp³-hybridized carbons (Fsp3) is 0.300. The number of alkyl halides is 2. The van der Waals surface area contributed by atoms with Gasteiger partial charge in [-0.3, -0.25) is 18.7 Å². The molecule has 4 aromatic rings. The summed E-state index contributed by atoms with van der Waals surface area (Å²) in [6.45, 7) is -1.80. The topological polar surface area (TPSA) is 82.8 Å². The first-order valence-corrected chi connectivity index (χ1v) is 13.3. The Morgan fingerprint density at radius 1 is 0.905 bits per heavy atom. The number of hydrogen-bond acceptors (Lipinski definition) is 5. The van der Waals surface area contributed by atoms with Crippen molar-refractivity contribution in [2.24, 2.45) is 0 Å². The van der Waals surface area contributed by atoms with Gasteiger partial charge in [0.25, 0.3) is 5.56 Å². The molecule has 0 N–H and O–H groups in total. The van der Waals surface area contributed by atoms with Gasteiger partial charge in [0.1, 0.15) is 30.7 Å². The Kier molecular flexibility index (Phi) is 8.60. The monoisotopic (exact) mass is 585 g/mol. The number of halogens is 4. The molecule has 0 atom stereocenters. The fourth-order valence-electron chi connectivity index (χ4n) is 4.98. The highest BCUT2D eigenvalue weighted by molar-refractivity contribution is 5.80. The molecule has 1 aliphatic rings. The molecule has 12 heteroatoms. The number of rotatable bonds is 10. The van der Waals surface area contributed by atoms with E-state index >= 15 is 4.39 Å². The van der Waals surface area contributed by atoms with Crippen LogP contribution in [0.1, 0.15) is 24.4 Å². The fourth-order valence-corrected chi connectivity index (χ4v) is 4.98. The van der Waals surface area contributed by atoms with Crippen molar-refractivity contribution in [3.05, 3.63) is 98.7 Å². The van der Waals surface area contributed by atoms with E-state index in [0.717, 1.165) is 23.1 Å². The van der Waals surface area contributed by atoms with Gasteiger partial charge in [-0.25, -0.2) is 22.4 Å². The minimum atomic E-state index is -1.55. The van der Waals surface area contributed by atoms with Gasteiger partial charge < -0.3 is 14.4 Å². The lowest BCUT2D eigenvalue weighted by Crippen LogP contribution is -2.44. The second-order valence-corrected chi connectivity index (χ2v) is 9.96. The standard InChI is InChI=1S/C30H27F4N3O5/c31-15-24(16-32)42-28-13-25-27(14-26(28)34)37(21-9-11-35(18-38)12-10-21)30(40)36(29(25)39)17-19-1-5-22(6-2-19)41-23-7-3-20(33)4-8-23/h1-8,13-14,18,21,24H,9-12,15-17H2. The highest BCUT2D eigenvalue weighted by Gasteiger charge is 2.26. The van der Waals surface area contributed by atoms with Crippen molar-refractivity contribution >= 4 is 17.3 Å². The van der Waals surface area contributed by atoms with Crippen LogP contribution < -0.4 is 20.7 Å². The molecule has 0 spiro atoms. The van der Waals surface area contributed by atoms with Gasteiger partial charge in [0.15, 0.2) is 17.7 Å². The van der Waals surface area contributed by atoms with Gasteiger partial charge in [0.2, 0.25) is 6.41 Å². The maximum atomic E-state index is 15.1. The molecule has 1 amide bonds. The van der Waals surface area contributed by atoms with E-state index in [1.54, 1.807) is 29.2 Å². The van der Waals surface area contributed by atoms with E-state index in [4.69, 9.17) is 9.47 Å². The lowest BCUT2D eigenvalue weighted by atomic mass is 10.0. The SMILES string of the molecule is O=CN1CCC(n2c(=O)n(Cc3ccc(Oc4ccc(F)cc4)cc3)c(=O)c3cc(OC(CF)CF)c(F)cc32)CC1. The molecule has 1 aromatic heterocycles. The Hall–Kier alpha value is -4.61. The molecular weight excluding hydrogens is 558 g/mol. The van der Waals surface area contributed by atoms with E-state index in [0.29, 0.717) is 43.0 Å². The zero-order valence-electron chi connectivity index (χ0n) is 22.4. The van der Waals surface area contributed by atoms with Crippen LogP contribution in [0.3, 0.4) is 0 Å². The van der Waals surface area contributed by atoms with Gasteiger partial charge in [-0.2, -0.15) is 0 Å². The van der Waals surface area contributed by atoms with Crippen molar-refractivity contribution in [1.82, 2.24) is 14.0 Å². The number of carbonyl (C=O) groups is 1. The first kappa shape index (κ1) is 28.9. The summed E-state index contributed by atoms with van der Waals surface area (Å²) in [5.74, 6) is -1.00. The van der Waals surface area contributed by atoms with Crippen molar-refractivity contribution in [2.75, 3.05) is 26.4 Å². The Bertz CT molecular complexity index is 1680. The van der Waals surface area contributed by atoms with Crippen LogP contribution in [0, 0.1) is 11.6 Å². The molecule has 3 aromatic carbocycles. The molecule has 2 heterocycles. The van der Waals surface area contributed by atoms with Crippen LogP contribution in [-0.2, 0) is 11.3 Å². The second-order valence-electron chi connectivity index (χ2n) is 9.96. The summed E-state index contributed by atoms with van der Waals surface area (Å²) in [5, 5.41) is -0.0588. The number of fused-ring (bicyclic) bond motifs is 1. The third-order valence-corrected chi connectivity index (χ3v) is 7.19. The van der Waals surface area contributed by atoms with E-state index in [-0.39, 0.29) is 17.4 Å². The van der Waals surface area contributed by atoms with Gasteiger partial charge in [-0.05, 0) is 60.9 Å². The van der Waals surface area contributed by atoms with Crippen LogP contribution >= 0.6 is 0 Å². The number of nitrogens with zero attached hydrogens (tertiary/aromatic N) is 3. The highest BCUT2D eigenvalue weighted by atomic mass is 19.1. The van der Waals surface area contributed by atoms with E-state index in [9.17, 15) is 27.6 Å². The van der Waals surface area contributed by atoms with Crippen LogP contribution in [0.5, 0.6) is 17.2 Å². The number of hydrogen-bond donors (Lipinski definition) is 0. The predicted molar refractivity (Wildman–Crippen MR) is 147 cm³/mol. The molecule has 0 unspecified atom stereocenters. The zero-order valence-corrected chi connectivity index (χ0v) is 22.4. The van der Waals surface area contributed by atoms with Crippen molar-refractivity contribution in [3.8, 4) is 17.2 Å². The maximum Gasteiger partial charge on any atom is 0.332 e. The number of likely N-dealkylation sites (tertiary alicyclic amines) is 1. The van der Waals surface area contributed by atoms with E-state index < -0.39 is 54.1 Å². The summed E-state index contributed by atoms with van der Waals surface area (Å²) in [7, 11) is 0. The number of aromatic nitrogens is 2. The Morgan fingerprint density at radius 2 is 1.52 bits per heavy atom. The Labute approximate surface area is 237 Å². The van der Waals surface area contributed by atoms with Crippen LogP contribution in [0.15, 0.2) is 70.3 Å². The van der Waals surface area contributed by atoms with Gasteiger partial charge >= 0.3 is 5.69 Å². The van der Waals surface area contributed by atoms with E-state index in [1.807, 2.05) is 0 Å². The van der Waals surface area contributed by atoms with Crippen LogP contribution in [0.25, 0.3) is 10.9 Å². The van der Waals surface area contributed by atoms with Gasteiger partial charge in [0.05, 0.1) is 17.4 Å². The minimum absolute atomic E-state index is 0.0238. The number of piperidine rings is 1. The molecule has 5 rings (SSSR count). The molecule has 0 aliphatic carbocycles. The summed E-state index contributed by atoms with van der Waals surface area (Å²) < 4.78 is 67.7. The Balaban J connectivity index is 1.54. The van der Waals surface area contributed by atoms with Gasteiger partial charge in [-0.15, -0.1) is 0 Å². The van der Waals surface area contributed by atoms with Crippen molar-refractivity contribution < 1.29 is 31.8 Å². The number of amides is 1. The van der Waals surface area contributed by atoms with Crippen LogP contribution in [-0.4, -0.2) is 53.0 Å². The van der Waals surface area contributed by atoms with Crippen molar-refractivity contribution in [1.29, 1.82) is 0 Å². The average molecular weight is 586 g/mol. The largest absolute Gasteiger partial charge is 0.482 e. The van der Waals surface area contributed by atoms with Crippen LogP contribution in [0.2, 0.25) is 0 Å². The molecule has 1 fully saturated rings. The van der Waals surface area contributed by atoms with E-state index in [2.05, 4.69) is 0 Å². The molecular formula is C30H27F4N3O5. The molecule has 8 nitrogen and oxygen atoms in total. The third-order valence-electron chi connectivity index (χ3n) is 7.19. The highest BCUT2D eigenvalue weighted by Crippen LogP contribution is 2.29. The van der Waals surface area contributed by atoms with Gasteiger partial charge in [-0.1, -0.05) is 12.1 Å². The molecule has 1 saturated heterocycles. The van der Waals surface area contributed by atoms with Crippen LogP contribution in [0.4, 0.5) is 17.6 Å². The second kappa shape index (κ2) is 12.5. The third kappa shape index (κ3) is 6.02. The summed E-state index contributed by atoms with van der Waals surface area (Å²) in [5.41, 5.74) is -0.793. The molecule has 0 radical (unpaired) electrons. The summed E-state index contributed by atoms with van der Waals surface area (Å²) in [6.07, 6.45) is -0.0369. The molecule has 42 heavy (non-hydrogen) atoms. The first-order chi connectivity index (χ1) is 20.3. The predicted octanol–water partition coefficient (Wildman–Crippen LogP) is 4.76. The quantitative estimate of drug-likeness (QED) is 0.198. The number of benzene rings is 3. The maximum absolute atomic E-state index is 15.1. The Morgan fingerprint density at radius 3 is 2.12 bits per heavy atom. The molecule has 1 aliphatic heterocycles. The smallest absolute Gasteiger partial charge is 0.332 e. The van der Waals surface area contributed by atoms with Gasteiger partial charge in [0, 0.05) is 25.2 Å². The first-order valence-electron chi connectivity index (χ1n) is 13.3. The lowest BCUT2D eigenvalue weighted by molar-refractivity contribution is -0.119. The average Bonchev–Trinajstić information content (AvgIpc) is 3.01. The number of carbonyl (C=O) groups excluding carboxylic acids is 1. The minimum Gasteiger partial charge on any atom is -0.482 e.